The molecule has 2 aromatic rings. The molecule has 2 aromatic carbocycles. The van der Waals surface area contributed by atoms with Crippen molar-refractivity contribution in [1.82, 2.24) is 5.32 Å². The van der Waals surface area contributed by atoms with Crippen molar-refractivity contribution in [1.29, 1.82) is 0 Å². The van der Waals surface area contributed by atoms with E-state index in [1.165, 1.54) is 6.26 Å². The van der Waals surface area contributed by atoms with Crippen molar-refractivity contribution in [2.45, 2.75) is 19.2 Å². The van der Waals surface area contributed by atoms with Gasteiger partial charge in [-0.3, -0.25) is 4.79 Å². The predicted octanol–water partition coefficient (Wildman–Crippen LogP) is 2.23. The van der Waals surface area contributed by atoms with Gasteiger partial charge in [0.1, 0.15) is 5.75 Å². The Morgan fingerprint density at radius 2 is 1.58 bits per heavy atom. The van der Waals surface area contributed by atoms with Gasteiger partial charge < -0.3 is 10.1 Å². The Bertz CT molecular complexity index is 781. The first-order valence-corrected chi connectivity index (χ1v) is 9.59. The second-order valence-corrected chi connectivity index (χ2v) is 7.91. The van der Waals surface area contributed by atoms with Crippen LogP contribution in [0.1, 0.15) is 16.7 Å². The molecule has 0 aliphatic carbocycles. The summed E-state index contributed by atoms with van der Waals surface area (Å²) in [6.45, 7) is 2.31. The van der Waals surface area contributed by atoms with Gasteiger partial charge in [-0.15, -0.1) is 0 Å². The lowest BCUT2D eigenvalue weighted by Crippen LogP contribution is -2.28. The molecule has 0 atom stereocenters. The summed E-state index contributed by atoms with van der Waals surface area (Å²) in [6, 6.07) is 14.6. The number of hydrogen-bond donors (Lipinski definition) is 1. The minimum atomic E-state index is -3.04. The van der Waals surface area contributed by atoms with E-state index >= 15 is 0 Å². The Hall–Kier alpha value is -2.34. The van der Waals surface area contributed by atoms with Crippen LogP contribution in [0.5, 0.6) is 5.75 Å². The van der Waals surface area contributed by atoms with Gasteiger partial charge >= 0.3 is 0 Å². The second-order valence-electron chi connectivity index (χ2n) is 5.77. The third-order valence-electron chi connectivity index (χ3n) is 3.33. The van der Waals surface area contributed by atoms with E-state index in [1.807, 2.05) is 43.3 Å². The summed E-state index contributed by atoms with van der Waals surface area (Å²) in [6.07, 6.45) is 1.20. The number of sulfone groups is 1. The van der Waals surface area contributed by atoms with Gasteiger partial charge in [0.05, 0.1) is 5.75 Å². The van der Waals surface area contributed by atoms with Gasteiger partial charge in [-0.1, -0.05) is 42.0 Å². The van der Waals surface area contributed by atoms with Gasteiger partial charge in [-0.25, -0.2) is 8.42 Å². The highest BCUT2D eigenvalue weighted by Crippen LogP contribution is 2.11. The summed E-state index contributed by atoms with van der Waals surface area (Å²) in [7, 11) is -3.04. The SMILES string of the molecule is Cc1ccc(OCC(=O)NCc2ccc(CS(C)(=O)=O)cc2)cc1. The van der Waals surface area contributed by atoms with Gasteiger partial charge in [-0.2, -0.15) is 0 Å². The zero-order valence-corrected chi connectivity index (χ0v) is 14.6. The topological polar surface area (TPSA) is 72.5 Å². The van der Waals surface area contributed by atoms with E-state index in [-0.39, 0.29) is 18.3 Å². The summed E-state index contributed by atoms with van der Waals surface area (Å²) in [4.78, 5) is 11.8. The molecule has 0 heterocycles. The fraction of sp³-hybridized carbons (Fsp3) is 0.278. The monoisotopic (exact) mass is 347 g/mol. The third-order valence-corrected chi connectivity index (χ3v) is 4.19. The maximum atomic E-state index is 11.8. The minimum absolute atomic E-state index is 0.0179. The Balaban J connectivity index is 1.78. The molecule has 0 radical (unpaired) electrons. The predicted molar refractivity (Wildman–Crippen MR) is 93.5 cm³/mol. The minimum Gasteiger partial charge on any atom is -0.484 e. The summed E-state index contributed by atoms with van der Waals surface area (Å²) in [5, 5.41) is 2.77. The lowest BCUT2D eigenvalue weighted by Gasteiger charge is -2.08. The number of carbonyl (C=O) groups excluding carboxylic acids is 1. The first-order chi connectivity index (χ1) is 11.3. The zero-order chi connectivity index (χ0) is 17.6. The Morgan fingerprint density at radius 3 is 2.17 bits per heavy atom. The number of benzene rings is 2. The highest BCUT2D eigenvalue weighted by atomic mass is 32.2. The van der Waals surface area contributed by atoms with Gasteiger partial charge in [0.25, 0.3) is 5.91 Å². The molecule has 128 valence electrons. The standard InChI is InChI=1S/C18H21NO4S/c1-14-3-9-17(10-4-14)23-12-18(20)19-11-15-5-7-16(8-6-15)13-24(2,21)22/h3-10H,11-13H2,1-2H3,(H,19,20). The van der Waals surface area contributed by atoms with E-state index in [0.29, 0.717) is 12.3 Å². The van der Waals surface area contributed by atoms with Crippen molar-refractivity contribution in [3.63, 3.8) is 0 Å². The number of carbonyl (C=O) groups is 1. The molecule has 6 heteroatoms. The van der Waals surface area contributed by atoms with Crippen LogP contribution in [-0.4, -0.2) is 27.2 Å². The van der Waals surface area contributed by atoms with Gasteiger partial charge in [0, 0.05) is 12.8 Å². The number of amides is 1. The van der Waals surface area contributed by atoms with Crippen LogP contribution in [-0.2, 0) is 26.9 Å². The van der Waals surface area contributed by atoms with Crippen molar-refractivity contribution < 1.29 is 17.9 Å². The molecule has 24 heavy (non-hydrogen) atoms. The van der Waals surface area contributed by atoms with Crippen molar-refractivity contribution >= 4 is 15.7 Å². The number of rotatable bonds is 7. The van der Waals surface area contributed by atoms with E-state index in [1.54, 1.807) is 12.1 Å². The largest absolute Gasteiger partial charge is 0.484 e. The van der Waals surface area contributed by atoms with E-state index < -0.39 is 9.84 Å². The number of ether oxygens (including phenoxy) is 1. The lowest BCUT2D eigenvalue weighted by molar-refractivity contribution is -0.123. The molecule has 0 aliphatic heterocycles. The fourth-order valence-corrected chi connectivity index (χ4v) is 2.89. The molecule has 0 spiro atoms. The maximum Gasteiger partial charge on any atom is 0.258 e. The molecule has 0 unspecified atom stereocenters. The molecule has 2 rings (SSSR count). The van der Waals surface area contributed by atoms with Gasteiger partial charge in [0.15, 0.2) is 16.4 Å². The van der Waals surface area contributed by atoms with Crippen molar-refractivity contribution in [3.8, 4) is 5.75 Å². The summed E-state index contributed by atoms with van der Waals surface area (Å²) in [5.74, 6) is 0.459. The van der Waals surface area contributed by atoms with E-state index in [9.17, 15) is 13.2 Å². The summed E-state index contributed by atoms with van der Waals surface area (Å²) >= 11 is 0. The number of nitrogens with one attached hydrogen (secondary N) is 1. The van der Waals surface area contributed by atoms with Crippen LogP contribution < -0.4 is 10.1 Å². The Labute approximate surface area is 142 Å². The summed E-state index contributed by atoms with van der Waals surface area (Å²) in [5.41, 5.74) is 2.76. The van der Waals surface area contributed by atoms with Crippen LogP contribution in [0.4, 0.5) is 0 Å². The van der Waals surface area contributed by atoms with Crippen molar-refractivity contribution in [2.24, 2.45) is 0 Å². The zero-order valence-electron chi connectivity index (χ0n) is 13.8. The van der Waals surface area contributed by atoms with E-state index in [4.69, 9.17) is 4.74 Å². The molecular formula is C18H21NO4S. The highest BCUT2D eigenvalue weighted by molar-refractivity contribution is 7.89. The molecule has 0 aromatic heterocycles. The summed E-state index contributed by atoms with van der Waals surface area (Å²) < 4.78 is 27.9. The fourth-order valence-electron chi connectivity index (χ4n) is 2.09. The second kappa shape index (κ2) is 7.97. The number of hydrogen-bond acceptors (Lipinski definition) is 4. The Kier molecular flexibility index (Phi) is 5.98. The first-order valence-electron chi connectivity index (χ1n) is 7.53. The van der Waals surface area contributed by atoms with Crippen LogP contribution in [0.3, 0.4) is 0 Å². The Morgan fingerprint density at radius 1 is 1.00 bits per heavy atom. The smallest absolute Gasteiger partial charge is 0.258 e. The van der Waals surface area contributed by atoms with Crippen LogP contribution in [0, 0.1) is 6.92 Å². The maximum absolute atomic E-state index is 11.8. The highest BCUT2D eigenvalue weighted by Gasteiger charge is 2.06. The normalized spacial score (nSPS) is 11.1. The molecule has 0 aliphatic rings. The first kappa shape index (κ1) is 18.0. The number of aryl methyl sites for hydroxylation is 1. The van der Waals surface area contributed by atoms with E-state index in [0.717, 1.165) is 16.7 Å². The van der Waals surface area contributed by atoms with Crippen molar-refractivity contribution in [3.05, 3.63) is 65.2 Å². The molecular weight excluding hydrogens is 326 g/mol. The molecule has 5 nitrogen and oxygen atoms in total. The molecule has 0 fully saturated rings. The van der Waals surface area contributed by atoms with Crippen LogP contribution in [0.15, 0.2) is 48.5 Å². The van der Waals surface area contributed by atoms with Gasteiger partial charge in [0.2, 0.25) is 0 Å². The quantitative estimate of drug-likeness (QED) is 0.834. The van der Waals surface area contributed by atoms with Gasteiger partial charge in [-0.05, 0) is 30.2 Å². The van der Waals surface area contributed by atoms with Crippen LogP contribution in [0.25, 0.3) is 0 Å². The van der Waals surface area contributed by atoms with Crippen LogP contribution in [0.2, 0.25) is 0 Å². The average Bonchev–Trinajstić information content (AvgIpc) is 2.52. The molecule has 0 saturated heterocycles. The average molecular weight is 347 g/mol. The van der Waals surface area contributed by atoms with Crippen molar-refractivity contribution in [2.75, 3.05) is 12.9 Å². The van der Waals surface area contributed by atoms with Crippen LogP contribution >= 0.6 is 0 Å². The molecule has 1 amide bonds. The van der Waals surface area contributed by atoms with E-state index in [2.05, 4.69) is 5.32 Å². The molecule has 1 N–H and O–H groups in total. The lowest BCUT2D eigenvalue weighted by atomic mass is 10.1. The third kappa shape index (κ3) is 6.42. The molecule has 0 bridgehead atoms. The molecule has 0 saturated carbocycles.